The maximum Gasteiger partial charge on any atom is 0.409 e. The summed E-state index contributed by atoms with van der Waals surface area (Å²) in [7, 11) is 0. The van der Waals surface area contributed by atoms with Gasteiger partial charge in [0.1, 0.15) is 5.82 Å². The molecule has 1 amide bonds. The molecule has 32 heavy (non-hydrogen) atoms. The molecule has 2 aliphatic rings. The van der Waals surface area contributed by atoms with Crippen molar-refractivity contribution in [3.63, 3.8) is 0 Å². The van der Waals surface area contributed by atoms with Crippen LogP contribution in [0.25, 0.3) is 0 Å². The number of aromatic nitrogens is 1. The number of amides is 1. The van der Waals surface area contributed by atoms with Crippen LogP contribution in [0.2, 0.25) is 0 Å². The number of nitrogens with zero attached hydrogens (tertiary/aromatic N) is 4. The summed E-state index contributed by atoms with van der Waals surface area (Å²) in [6.07, 6.45) is 8.67. The third kappa shape index (κ3) is 8.29. The molecule has 2 aliphatic heterocycles. The molecule has 8 nitrogen and oxygen atoms in total. The van der Waals surface area contributed by atoms with Crippen LogP contribution in [0, 0.1) is 0 Å². The van der Waals surface area contributed by atoms with Crippen molar-refractivity contribution >= 4 is 41.8 Å². The van der Waals surface area contributed by atoms with Crippen molar-refractivity contribution in [1.82, 2.24) is 20.5 Å². The molecule has 0 aliphatic carbocycles. The minimum atomic E-state index is -0.211. The molecular formula is C23H39IN6O2. The Morgan fingerprint density at radius 3 is 2.44 bits per heavy atom. The lowest BCUT2D eigenvalue weighted by Crippen LogP contribution is -2.49. The molecule has 2 saturated heterocycles. The summed E-state index contributed by atoms with van der Waals surface area (Å²) in [4.78, 5) is 25.5. The Morgan fingerprint density at radius 1 is 1.12 bits per heavy atom. The normalized spacial score (nSPS) is 17.9. The molecule has 0 saturated carbocycles. The molecule has 0 radical (unpaired) electrons. The number of anilines is 1. The van der Waals surface area contributed by atoms with E-state index >= 15 is 0 Å². The van der Waals surface area contributed by atoms with E-state index in [2.05, 4.69) is 34.6 Å². The van der Waals surface area contributed by atoms with Crippen LogP contribution in [-0.4, -0.2) is 67.3 Å². The zero-order valence-corrected chi connectivity index (χ0v) is 21.8. The Labute approximate surface area is 209 Å². The van der Waals surface area contributed by atoms with Gasteiger partial charge in [-0.05, 0) is 51.2 Å². The van der Waals surface area contributed by atoms with Gasteiger partial charge in [-0.3, -0.25) is 0 Å². The molecule has 9 heteroatoms. The summed E-state index contributed by atoms with van der Waals surface area (Å²) in [5, 5.41) is 6.85. The largest absolute Gasteiger partial charge is 0.450 e. The Morgan fingerprint density at radius 2 is 1.84 bits per heavy atom. The zero-order valence-electron chi connectivity index (χ0n) is 19.5. The number of pyridine rings is 1. The summed E-state index contributed by atoms with van der Waals surface area (Å²) in [6, 6.07) is 4.56. The number of rotatable bonds is 6. The first-order chi connectivity index (χ1) is 15.2. The lowest BCUT2D eigenvalue weighted by Gasteiger charge is -2.32. The molecule has 2 N–H and O–H groups in total. The molecule has 3 heterocycles. The molecule has 0 aromatic carbocycles. The van der Waals surface area contributed by atoms with Gasteiger partial charge in [-0.25, -0.2) is 14.8 Å². The van der Waals surface area contributed by atoms with Crippen molar-refractivity contribution in [3.8, 4) is 0 Å². The highest BCUT2D eigenvalue weighted by Crippen LogP contribution is 2.18. The van der Waals surface area contributed by atoms with Crippen LogP contribution >= 0.6 is 24.0 Å². The van der Waals surface area contributed by atoms with Gasteiger partial charge in [0.15, 0.2) is 5.96 Å². The lowest BCUT2D eigenvalue weighted by atomic mass is 10.1. The van der Waals surface area contributed by atoms with Crippen molar-refractivity contribution in [2.75, 3.05) is 44.2 Å². The van der Waals surface area contributed by atoms with Crippen molar-refractivity contribution < 1.29 is 9.53 Å². The second-order valence-corrected chi connectivity index (χ2v) is 8.23. The van der Waals surface area contributed by atoms with Gasteiger partial charge in [0.25, 0.3) is 0 Å². The molecule has 2 fully saturated rings. The van der Waals surface area contributed by atoms with Gasteiger partial charge in [0.05, 0.1) is 13.2 Å². The number of carbonyl (C=O) groups is 1. The molecule has 1 aromatic rings. The van der Waals surface area contributed by atoms with E-state index in [-0.39, 0.29) is 30.1 Å². The summed E-state index contributed by atoms with van der Waals surface area (Å²) in [5.74, 6) is 1.89. The molecular weight excluding hydrogens is 519 g/mol. The number of hydrogen-bond donors (Lipinski definition) is 2. The average Bonchev–Trinajstić information content (AvgIpc) is 3.08. The van der Waals surface area contributed by atoms with Crippen molar-refractivity contribution in [1.29, 1.82) is 0 Å². The first kappa shape index (κ1) is 26.5. The number of guanidine groups is 1. The fraction of sp³-hybridized carbons (Fsp3) is 0.696. The molecule has 3 rings (SSSR count). The minimum Gasteiger partial charge on any atom is -0.450 e. The average molecular weight is 559 g/mol. The number of piperidine rings is 1. The maximum atomic E-state index is 11.9. The van der Waals surface area contributed by atoms with Crippen molar-refractivity contribution in [3.05, 3.63) is 23.9 Å². The monoisotopic (exact) mass is 558 g/mol. The second-order valence-electron chi connectivity index (χ2n) is 8.23. The Bertz CT molecular complexity index is 699. The highest BCUT2D eigenvalue weighted by atomic mass is 127. The number of halogens is 1. The van der Waals surface area contributed by atoms with Gasteiger partial charge in [0, 0.05) is 45.0 Å². The van der Waals surface area contributed by atoms with Crippen LogP contribution < -0.4 is 15.5 Å². The van der Waals surface area contributed by atoms with E-state index in [0.29, 0.717) is 32.3 Å². The predicted molar refractivity (Wildman–Crippen MR) is 140 cm³/mol. The van der Waals surface area contributed by atoms with E-state index < -0.39 is 0 Å². The Kier molecular flexibility index (Phi) is 11.9. The summed E-state index contributed by atoms with van der Waals surface area (Å²) >= 11 is 0. The minimum absolute atomic E-state index is 0. The summed E-state index contributed by atoms with van der Waals surface area (Å²) < 4.78 is 5.10. The first-order valence-electron chi connectivity index (χ1n) is 11.9. The molecule has 0 spiro atoms. The molecule has 0 atom stereocenters. The van der Waals surface area contributed by atoms with Crippen LogP contribution in [0.3, 0.4) is 0 Å². The van der Waals surface area contributed by atoms with Crippen LogP contribution in [0.5, 0.6) is 0 Å². The highest BCUT2D eigenvalue weighted by Gasteiger charge is 2.24. The molecule has 180 valence electrons. The van der Waals surface area contributed by atoms with E-state index in [1.54, 1.807) is 4.90 Å². The summed E-state index contributed by atoms with van der Waals surface area (Å²) in [5.41, 5.74) is 1.10. The molecule has 0 bridgehead atoms. The van der Waals surface area contributed by atoms with E-state index in [1.165, 1.54) is 25.7 Å². The fourth-order valence-electron chi connectivity index (χ4n) is 4.10. The number of ether oxygens (including phenoxy) is 1. The number of likely N-dealkylation sites (tertiary alicyclic amines) is 1. The van der Waals surface area contributed by atoms with Gasteiger partial charge in [-0.15, -0.1) is 24.0 Å². The van der Waals surface area contributed by atoms with Gasteiger partial charge >= 0.3 is 6.09 Å². The number of hydrogen-bond acceptors (Lipinski definition) is 5. The number of carbonyl (C=O) groups excluding carboxylic acids is 1. The quantitative estimate of drug-likeness (QED) is 0.315. The van der Waals surface area contributed by atoms with Gasteiger partial charge in [0.2, 0.25) is 0 Å². The lowest BCUT2D eigenvalue weighted by molar-refractivity contribution is 0.0963. The maximum absolute atomic E-state index is 11.9. The highest BCUT2D eigenvalue weighted by molar-refractivity contribution is 14.0. The number of nitrogens with one attached hydrogen (secondary N) is 2. The number of aliphatic imine (C=N–C) groups is 1. The van der Waals surface area contributed by atoms with Gasteiger partial charge in [-0.2, -0.15) is 0 Å². The van der Waals surface area contributed by atoms with Gasteiger partial charge < -0.3 is 25.2 Å². The van der Waals surface area contributed by atoms with E-state index in [4.69, 9.17) is 14.7 Å². The zero-order chi connectivity index (χ0) is 21.9. The third-order valence-electron chi connectivity index (χ3n) is 5.86. The van der Waals surface area contributed by atoms with E-state index in [0.717, 1.165) is 49.8 Å². The van der Waals surface area contributed by atoms with Crippen LogP contribution in [0.4, 0.5) is 10.6 Å². The third-order valence-corrected chi connectivity index (χ3v) is 5.86. The Balaban J connectivity index is 0.00000363. The van der Waals surface area contributed by atoms with E-state index in [1.807, 2.05) is 13.1 Å². The van der Waals surface area contributed by atoms with Crippen molar-refractivity contribution in [2.24, 2.45) is 4.99 Å². The fourth-order valence-corrected chi connectivity index (χ4v) is 4.10. The SMILES string of the molecule is CCNC(=NCc1ccc(N2CCCCCC2)nc1)NC1CCN(C(=O)OCC)CC1.I. The standard InChI is InChI=1S/C23H38N6O2.HI/c1-3-24-22(27-20-11-15-29(16-12-20)23(30)31-4-2)26-18-19-9-10-21(25-17-19)28-13-7-5-6-8-14-28;/h9-10,17,20H,3-8,11-16,18H2,1-2H3,(H2,24,26,27);1H. The van der Waals surface area contributed by atoms with Crippen molar-refractivity contribution in [2.45, 2.75) is 65.0 Å². The topological polar surface area (TPSA) is 82.1 Å². The van der Waals surface area contributed by atoms with Gasteiger partial charge in [-0.1, -0.05) is 18.9 Å². The molecule has 0 unspecified atom stereocenters. The summed E-state index contributed by atoms with van der Waals surface area (Å²) in [6.45, 7) is 9.34. The predicted octanol–water partition coefficient (Wildman–Crippen LogP) is 3.76. The first-order valence-corrected chi connectivity index (χ1v) is 11.9. The Hall–Kier alpha value is -1.78. The van der Waals surface area contributed by atoms with Crippen LogP contribution in [0.15, 0.2) is 23.3 Å². The van der Waals surface area contributed by atoms with Crippen LogP contribution in [-0.2, 0) is 11.3 Å². The molecule has 1 aromatic heterocycles. The van der Waals surface area contributed by atoms with Crippen LogP contribution in [0.1, 0.15) is 57.9 Å². The van der Waals surface area contributed by atoms with E-state index in [9.17, 15) is 4.79 Å². The smallest absolute Gasteiger partial charge is 0.409 e. The second kappa shape index (κ2) is 14.4.